The predicted molar refractivity (Wildman–Crippen MR) is 117 cm³/mol. The van der Waals surface area contributed by atoms with Gasteiger partial charge in [0, 0.05) is 12.0 Å². The molecule has 30 heavy (non-hydrogen) atoms. The van der Waals surface area contributed by atoms with E-state index in [1.54, 1.807) is 31.2 Å². The summed E-state index contributed by atoms with van der Waals surface area (Å²) in [6.07, 6.45) is 6.22. The van der Waals surface area contributed by atoms with Gasteiger partial charge in [-0.1, -0.05) is 29.9 Å². The summed E-state index contributed by atoms with van der Waals surface area (Å²) in [4.78, 5) is 12.6. The van der Waals surface area contributed by atoms with Gasteiger partial charge in [0.15, 0.2) is 5.78 Å². The normalized spacial score (nSPS) is 17.3. The molecule has 3 N–H and O–H groups in total. The number of aromatic hydroxyl groups is 2. The SMILES string of the molecule is CC(C)=CCC[C@](C)(O)[C@H]1Cc2c(ccc(C(=O)C=Cc3ccc(O)cc3)c2O)O1. The minimum atomic E-state index is -1.06. The molecule has 0 bridgehead atoms. The Morgan fingerprint density at radius 2 is 1.87 bits per heavy atom. The lowest BCUT2D eigenvalue weighted by molar-refractivity contribution is -0.0433. The van der Waals surface area contributed by atoms with Crippen LogP contribution in [0, 0.1) is 0 Å². The van der Waals surface area contributed by atoms with Crippen LogP contribution in [0.4, 0.5) is 0 Å². The second-order valence-electron chi connectivity index (χ2n) is 8.22. The van der Waals surface area contributed by atoms with E-state index in [0.29, 0.717) is 24.2 Å². The van der Waals surface area contributed by atoms with Gasteiger partial charge in [-0.2, -0.15) is 0 Å². The van der Waals surface area contributed by atoms with Crippen LogP contribution in [0.3, 0.4) is 0 Å². The maximum Gasteiger partial charge on any atom is 0.189 e. The van der Waals surface area contributed by atoms with E-state index < -0.39 is 11.7 Å². The highest BCUT2D eigenvalue weighted by molar-refractivity contribution is 6.09. The molecule has 2 aromatic rings. The second-order valence-corrected chi connectivity index (χ2v) is 8.22. The molecular weight excluding hydrogens is 380 g/mol. The molecule has 0 fully saturated rings. The van der Waals surface area contributed by atoms with Crippen LogP contribution in [0.1, 0.15) is 55.1 Å². The molecule has 1 heterocycles. The van der Waals surface area contributed by atoms with Gasteiger partial charge in [0.05, 0.1) is 11.2 Å². The first-order valence-corrected chi connectivity index (χ1v) is 10.1. The summed E-state index contributed by atoms with van der Waals surface area (Å²) < 4.78 is 5.90. The lowest BCUT2D eigenvalue weighted by Crippen LogP contribution is -2.42. The van der Waals surface area contributed by atoms with Crippen molar-refractivity contribution in [2.75, 3.05) is 0 Å². The molecule has 1 aliphatic rings. The van der Waals surface area contributed by atoms with Crippen molar-refractivity contribution in [3.05, 3.63) is 70.8 Å². The molecule has 3 rings (SSSR count). The number of aliphatic hydroxyl groups is 1. The highest BCUT2D eigenvalue weighted by Crippen LogP contribution is 2.41. The number of hydrogen-bond acceptors (Lipinski definition) is 5. The van der Waals surface area contributed by atoms with Crippen molar-refractivity contribution in [1.82, 2.24) is 0 Å². The summed E-state index contributed by atoms with van der Waals surface area (Å²) in [5.74, 6) is 0.220. The summed E-state index contributed by atoms with van der Waals surface area (Å²) in [6.45, 7) is 5.78. The summed E-state index contributed by atoms with van der Waals surface area (Å²) in [5.41, 5.74) is 1.64. The van der Waals surface area contributed by atoms with E-state index in [0.717, 1.165) is 12.0 Å². The fourth-order valence-electron chi connectivity index (χ4n) is 3.51. The average molecular weight is 408 g/mol. The third-order valence-electron chi connectivity index (χ3n) is 5.38. The maximum absolute atomic E-state index is 12.6. The van der Waals surface area contributed by atoms with Gasteiger partial charge in [0.2, 0.25) is 0 Å². The van der Waals surface area contributed by atoms with Crippen LogP contribution in [0.15, 0.2) is 54.1 Å². The Labute approximate surface area is 177 Å². The van der Waals surface area contributed by atoms with E-state index >= 15 is 0 Å². The molecule has 0 saturated carbocycles. The molecule has 0 amide bonds. The lowest BCUT2D eigenvalue weighted by atomic mass is 9.89. The van der Waals surface area contributed by atoms with Crippen molar-refractivity contribution < 1.29 is 24.9 Å². The van der Waals surface area contributed by atoms with Crippen LogP contribution in [-0.2, 0) is 6.42 Å². The minimum Gasteiger partial charge on any atom is -0.508 e. The molecule has 5 nitrogen and oxygen atoms in total. The van der Waals surface area contributed by atoms with E-state index in [-0.39, 0.29) is 22.8 Å². The van der Waals surface area contributed by atoms with Gasteiger partial charge in [-0.25, -0.2) is 0 Å². The number of allylic oxidation sites excluding steroid dienone is 3. The molecule has 1 aliphatic heterocycles. The molecule has 5 heteroatoms. The third-order valence-corrected chi connectivity index (χ3v) is 5.38. The van der Waals surface area contributed by atoms with Crippen LogP contribution in [0.2, 0.25) is 0 Å². The van der Waals surface area contributed by atoms with Gasteiger partial charge in [-0.3, -0.25) is 4.79 Å². The van der Waals surface area contributed by atoms with Crippen molar-refractivity contribution in [2.24, 2.45) is 0 Å². The first-order chi connectivity index (χ1) is 14.2. The molecule has 0 radical (unpaired) electrons. The first-order valence-electron chi connectivity index (χ1n) is 10.1. The summed E-state index contributed by atoms with van der Waals surface area (Å²) in [5, 5.41) is 30.9. The largest absolute Gasteiger partial charge is 0.508 e. The van der Waals surface area contributed by atoms with E-state index in [1.165, 1.54) is 29.8 Å². The molecule has 2 aromatic carbocycles. The number of fused-ring (bicyclic) bond motifs is 1. The van der Waals surface area contributed by atoms with E-state index in [2.05, 4.69) is 6.08 Å². The molecule has 0 spiro atoms. The number of carbonyl (C=O) groups is 1. The number of phenols is 2. The van der Waals surface area contributed by atoms with Crippen molar-refractivity contribution in [3.63, 3.8) is 0 Å². The zero-order valence-electron chi connectivity index (χ0n) is 17.6. The highest BCUT2D eigenvalue weighted by Gasteiger charge is 2.39. The minimum absolute atomic E-state index is 0.101. The Morgan fingerprint density at radius 1 is 1.17 bits per heavy atom. The number of phenolic OH excluding ortho intramolecular Hbond substituents is 2. The maximum atomic E-state index is 12.6. The smallest absolute Gasteiger partial charge is 0.189 e. The second kappa shape index (κ2) is 8.76. The number of ketones is 1. The van der Waals surface area contributed by atoms with Gasteiger partial charge in [0.1, 0.15) is 23.4 Å². The summed E-state index contributed by atoms with van der Waals surface area (Å²) >= 11 is 0. The first kappa shape index (κ1) is 21.7. The Balaban J connectivity index is 1.74. The zero-order chi connectivity index (χ0) is 21.9. The highest BCUT2D eigenvalue weighted by atomic mass is 16.5. The number of benzene rings is 2. The zero-order valence-corrected chi connectivity index (χ0v) is 17.6. The van der Waals surface area contributed by atoms with Gasteiger partial charge >= 0.3 is 0 Å². The van der Waals surface area contributed by atoms with Crippen LogP contribution >= 0.6 is 0 Å². The van der Waals surface area contributed by atoms with Gasteiger partial charge in [-0.15, -0.1) is 0 Å². The Kier molecular flexibility index (Phi) is 6.32. The van der Waals surface area contributed by atoms with Crippen LogP contribution in [0.5, 0.6) is 17.2 Å². The fraction of sp³-hybridized carbons (Fsp3) is 0.320. The van der Waals surface area contributed by atoms with Crippen molar-refractivity contribution in [2.45, 2.75) is 51.7 Å². The molecule has 0 aromatic heterocycles. The third kappa shape index (κ3) is 4.92. The van der Waals surface area contributed by atoms with Crippen molar-refractivity contribution >= 4 is 11.9 Å². The molecule has 0 unspecified atom stereocenters. The number of ether oxygens (including phenoxy) is 1. The molecular formula is C25H28O5. The Hall–Kier alpha value is -3.05. The van der Waals surface area contributed by atoms with E-state index in [9.17, 15) is 20.1 Å². The Bertz CT molecular complexity index is 979. The predicted octanol–water partition coefficient (Wildman–Crippen LogP) is 4.79. The van der Waals surface area contributed by atoms with Crippen LogP contribution in [0.25, 0.3) is 6.08 Å². The number of rotatable bonds is 7. The standard InChI is InChI=1S/C25H28O5/c1-16(2)5-4-14-25(3,29)23-15-20-22(30-23)13-11-19(24(20)28)21(27)12-8-17-6-9-18(26)10-7-17/h5-13,23,26,28-29H,4,14-15H2,1-3H3/t23-,25+/m1/s1. The van der Waals surface area contributed by atoms with Gasteiger partial charge < -0.3 is 20.1 Å². The molecule has 0 saturated heterocycles. The number of carbonyl (C=O) groups excluding carboxylic acids is 1. The van der Waals surface area contributed by atoms with Gasteiger partial charge in [0.25, 0.3) is 0 Å². The average Bonchev–Trinajstić information content (AvgIpc) is 3.13. The lowest BCUT2D eigenvalue weighted by Gasteiger charge is -2.29. The topological polar surface area (TPSA) is 87.0 Å². The van der Waals surface area contributed by atoms with E-state index in [4.69, 9.17) is 4.74 Å². The quantitative estimate of drug-likeness (QED) is 0.348. The Morgan fingerprint density at radius 3 is 2.53 bits per heavy atom. The monoisotopic (exact) mass is 408 g/mol. The fourth-order valence-corrected chi connectivity index (χ4v) is 3.51. The molecule has 158 valence electrons. The van der Waals surface area contributed by atoms with Crippen molar-refractivity contribution in [3.8, 4) is 17.2 Å². The summed E-state index contributed by atoms with van der Waals surface area (Å²) in [6, 6.07) is 9.67. The van der Waals surface area contributed by atoms with Crippen LogP contribution < -0.4 is 4.74 Å². The van der Waals surface area contributed by atoms with E-state index in [1.807, 2.05) is 13.8 Å². The summed E-state index contributed by atoms with van der Waals surface area (Å²) in [7, 11) is 0. The molecule has 2 atom stereocenters. The molecule has 0 aliphatic carbocycles. The van der Waals surface area contributed by atoms with Crippen LogP contribution in [-0.4, -0.2) is 32.8 Å². The number of hydrogen-bond donors (Lipinski definition) is 3. The van der Waals surface area contributed by atoms with Crippen molar-refractivity contribution in [1.29, 1.82) is 0 Å². The van der Waals surface area contributed by atoms with Gasteiger partial charge in [-0.05, 0) is 69.5 Å².